The van der Waals surface area contributed by atoms with Gasteiger partial charge in [-0.05, 0) is 31.7 Å². The molecule has 4 nitrogen and oxygen atoms in total. The maximum Gasteiger partial charge on any atom is 0.337 e. The number of aromatic carboxylic acids is 1. The van der Waals surface area contributed by atoms with E-state index in [1.165, 1.54) is 0 Å². The van der Waals surface area contributed by atoms with E-state index in [1.807, 2.05) is 6.07 Å². The zero-order valence-corrected chi connectivity index (χ0v) is 12.0. The molecule has 1 unspecified atom stereocenters. The Morgan fingerprint density at radius 2 is 2.21 bits per heavy atom. The molecule has 0 aromatic heterocycles. The molecule has 1 aromatic carbocycles. The maximum atomic E-state index is 10.9. The lowest BCUT2D eigenvalue weighted by Gasteiger charge is -2.40. The van der Waals surface area contributed by atoms with E-state index in [0.29, 0.717) is 11.1 Å². The molecule has 0 spiro atoms. The van der Waals surface area contributed by atoms with Crippen LogP contribution >= 0.6 is 11.6 Å². The van der Waals surface area contributed by atoms with Crippen LogP contribution in [0.2, 0.25) is 5.02 Å². The number of nitrogens with zero attached hydrogens (tertiary/aromatic N) is 2. The molecule has 19 heavy (non-hydrogen) atoms. The Balaban J connectivity index is 2.15. The van der Waals surface area contributed by atoms with Gasteiger partial charge < -0.3 is 10.0 Å². The second-order valence-electron chi connectivity index (χ2n) is 4.89. The quantitative estimate of drug-likeness (QED) is 0.925. The minimum Gasteiger partial charge on any atom is -0.478 e. The Morgan fingerprint density at radius 3 is 2.74 bits per heavy atom. The second-order valence-corrected chi connectivity index (χ2v) is 5.30. The highest BCUT2D eigenvalue weighted by atomic mass is 35.5. The number of rotatable bonds is 3. The van der Waals surface area contributed by atoms with Gasteiger partial charge in [0.15, 0.2) is 0 Å². The predicted molar refractivity (Wildman–Crippen MR) is 77.3 cm³/mol. The normalized spacial score (nSPS) is 20.6. The van der Waals surface area contributed by atoms with Gasteiger partial charge in [-0.2, -0.15) is 0 Å². The van der Waals surface area contributed by atoms with Crippen molar-refractivity contribution in [2.75, 3.05) is 31.1 Å². The van der Waals surface area contributed by atoms with Gasteiger partial charge in [0.05, 0.1) is 10.6 Å². The number of carboxylic acids is 1. The van der Waals surface area contributed by atoms with Crippen molar-refractivity contribution in [3.05, 3.63) is 28.8 Å². The number of anilines is 1. The highest BCUT2D eigenvalue weighted by Gasteiger charge is 2.23. The molecule has 2 rings (SSSR count). The lowest BCUT2D eigenvalue weighted by atomic mass is 10.1. The van der Waals surface area contributed by atoms with Crippen molar-refractivity contribution in [3.8, 4) is 0 Å². The fourth-order valence-electron chi connectivity index (χ4n) is 2.57. The number of halogens is 1. The number of piperazine rings is 1. The van der Waals surface area contributed by atoms with Crippen LogP contribution in [-0.4, -0.2) is 48.2 Å². The Kier molecular flexibility index (Phi) is 4.32. The lowest BCUT2D eigenvalue weighted by molar-refractivity contribution is 0.0697. The first-order chi connectivity index (χ1) is 9.02. The van der Waals surface area contributed by atoms with Crippen molar-refractivity contribution in [1.29, 1.82) is 0 Å². The van der Waals surface area contributed by atoms with E-state index in [4.69, 9.17) is 16.7 Å². The van der Waals surface area contributed by atoms with Gasteiger partial charge >= 0.3 is 5.97 Å². The summed E-state index contributed by atoms with van der Waals surface area (Å²) in [6, 6.07) is 5.66. The van der Waals surface area contributed by atoms with Crippen molar-refractivity contribution in [2.45, 2.75) is 19.9 Å². The molecule has 1 aliphatic heterocycles. The van der Waals surface area contributed by atoms with Gasteiger partial charge in [0.2, 0.25) is 0 Å². The summed E-state index contributed by atoms with van der Waals surface area (Å²) in [7, 11) is 0. The van der Waals surface area contributed by atoms with Crippen LogP contribution in [0.4, 0.5) is 5.69 Å². The molecule has 0 saturated carbocycles. The van der Waals surface area contributed by atoms with Gasteiger partial charge in [0.1, 0.15) is 0 Å². The van der Waals surface area contributed by atoms with Crippen molar-refractivity contribution >= 4 is 23.3 Å². The first-order valence-electron chi connectivity index (χ1n) is 6.54. The Morgan fingerprint density at radius 1 is 1.47 bits per heavy atom. The van der Waals surface area contributed by atoms with Crippen LogP contribution in [0.25, 0.3) is 0 Å². The van der Waals surface area contributed by atoms with Crippen LogP contribution in [0.3, 0.4) is 0 Å². The first kappa shape index (κ1) is 14.2. The molecule has 0 bridgehead atoms. The lowest BCUT2D eigenvalue weighted by Crippen LogP contribution is -2.51. The summed E-state index contributed by atoms with van der Waals surface area (Å²) in [6.07, 6.45) is 0. The molecule has 1 saturated heterocycles. The average molecular weight is 283 g/mol. The summed E-state index contributed by atoms with van der Waals surface area (Å²) in [6.45, 7) is 8.36. The molecule has 1 aromatic rings. The first-order valence-corrected chi connectivity index (χ1v) is 6.92. The van der Waals surface area contributed by atoms with E-state index >= 15 is 0 Å². The van der Waals surface area contributed by atoms with Crippen molar-refractivity contribution < 1.29 is 9.90 Å². The third kappa shape index (κ3) is 3.01. The summed E-state index contributed by atoms with van der Waals surface area (Å²) in [5.74, 6) is -0.985. The third-order valence-electron chi connectivity index (χ3n) is 3.72. The van der Waals surface area contributed by atoms with Crippen LogP contribution in [0.5, 0.6) is 0 Å². The summed E-state index contributed by atoms with van der Waals surface area (Å²) in [5.41, 5.74) is 1.16. The summed E-state index contributed by atoms with van der Waals surface area (Å²) in [4.78, 5) is 15.6. The summed E-state index contributed by atoms with van der Waals surface area (Å²) in [5, 5.41) is 9.27. The molecule has 1 aliphatic rings. The summed E-state index contributed by atoms with van der Waals surface area (Å²) < 4.78 is 0. The SMILES string of the molecule is CCN1CCN(c2ccc(C(=O)O)c(Cl)c2)CC1C. The number of benzene rings is 1. The fraction of sp³-hybridized carbons (Fsp3) is 0.500. The molecule has 0 radical (unpaired) electrons. The zero-order chi connectivity index (χ0) is 14.0. The largest absolute Gasteiger partial charge is 0.478 e. The van der Waals surface area contributed by atoms with Gasteiger partial charge in [-0.15, -0.1) is 0 Å². The molecule has 0 amide bonds. The third-order valence-corrected chi connectivity index (χ3v) is 4.03. The smallest absolute Gasteiger partial charge is 0.337 e. The van der Waals surface area contributed by atoms with Crippen LogP contribution in [0.15, 0.2) is 18.2 Å². The van der Waals surface area contributed by atoms with Crippen molar-refractivity contribution in [1.82, 2.24) is 4.90 Å². The molecule has 1 N–H and O–H groups in total. The van der Waals surface area contributed by atoms with Crippen LogP contribution in [0.1, 0.15) is 24.2 Å². The van der Waals surface area contributed by atoms with Crippen LogP contribution < -0.4 is 4.90 Å². The molecule has 1 fully saturated rings. The molecule has 1 atom stereocenters. The van der Waals surface area contributed by atoms with Gasteiger partial charge in [-0.3, -0.25) is 4.90 Å². The van der Waals surface area contributed by atoms with Gasteiger partial charge in [-0.25, -0.2) is 4.79 Å². The molecule has 5 heteroatoms. The number of hydrogen-bond acceptors (Lipinski definition) is 3. The Bertz CT molecular complexity index is 479. The monoisotopic (exact) mass is 282 g/mol. The number of hydrogen-bond donors (Lipinski definition) is 1. The number of likely N-dealkylation sites (N-methyl/N-ethyl adjacent to an activating group) is 1. The fourth-order valence-corrected chi connectivity index (χ4v) is 2.83. The molecule has 1 heterocycles. The zero-order valence-electron chi connectivity index (χ0n) is 11.3. The predicted octanol–water partition coefficient (Wildman–Crippen LogP) is 2.57. The van der Waals surface area contributed by atoms with E-state index in [0.717, 1.165) is 31.9 Å². The van der Waals surface area contributed by atoms with E-state index in [2.05, 4.69) is 23.6 Å². The van der Waals surface area contributed by atoms with E-state index < -0.39 is 5.97 Å². The Hall–Kier alpha value is -1.26. The number of carbonyl (C=O) groups is 1. The van der Waals surface area contributed by atoms with Gasteiger partial charge in [0, 0.05) is 31.4 Å². The second kappa shape index (κ2) is 5.80. The highest BCUT2D eigenvalue weighted by molar-refractivity contribution is 6.33. The topological polar surface area (TPSA) is 43.8 Å². The van der Waals surface area contributed by atoms with Crippen molar-refractivity contribution in [2.24, 2.45) is 0 Å². The van der Waals surface area contributed by atoms with Crippen molar-refractivity contribution in [3.63, 3.8) is 0 Å². The minimum absolute atomic E-state index is 0.158. The summed E-state index contributed by atoms with van der Waals surface area (Å²) >= 11 is 6.02. The average Bonchev–Trinajstić information content (AvgIpc) is 2.38. The Labute approximate surface area is 118 Å². The standard InChI is InChI=1S/C14H19ClN2O2/c1-3-16-6-7-17(9-10(16)2)11-4-5-12(14(18)19)13(15)8-11/h4-5,8,10H,3,6-7,9H2,1-2H3,(H,18,19). The maximum absolute atomic E-state index is 10.9. The van der Waals surface area contributed by atoms with E-state index in [-0.39, 0.29) is 5.56 Å². The molecular formula is C14H19ClN2O2. The van der Waals surface area contributed by atoms with E-state index in [1.54, 1.807) is 12.1 Å². The highest BCUT2D eigenvalue weighted by Crippen LogP contribution is 2.25. The van der Waals surface area contributed by atoms with Crippen LogP contribution in [-0.2, 0) is 0 Å². The van der Waals surface area contributed by atoms with Gasteiger partial charge in [-0.1, -0.05) is 18.5 Å². The molecule has 104 valence electrons. The molecule has 0 aliphatic carbocycles. The number of carboxylic acid groups (broad SMARTS) is 1. The molecular weight excluding hydrogens is 264 g/mol. The minimum atomic E-state index is -0.985. The van der Waals surface area contributed by atoms with Gasteiger partial charge in [0.25, 0.3) is 0 Å². The van der Waals surface area contributed by atoms with E-state index in [9.17, 15) is 4.79 Å². The van der Waals surface area contributed by atoms with Crippen LogP contribution in [0, 0.1) is 0 Å².